The summed E-state index contributed by atoms with van der Waals surface area (Å²) in [5.41, 5.74) is 4.57. The van der Waals surface area contributed by atoms with Gasteiger partial charge in [-0.1, -0.05) is 6.07 Å². The minimum Gasteiger partial charge on any atom is -0.510 e. The number of carbonyl (C=O) groups is 3. The molecule has 33 heavy (non-hydrogen) atoms. The van der Waals surface area contributed by atoms with Crippen LogP contribution in [0.1, 0.15) is 29.3 Å². The van der Waals surface area contributed by atoms with Crippen LogP contribution in [0.15, 0.2) is 34.8 Å². The van der Waals surface area contributed by atoms with E-state index in [9.17, 15) is 39.9 Å². The molecule has 0 fully saturated rings. The Kier molecular flexibility index (Phi) is 4.69. The van der Waals surface area contributed by atoms with Crippen molar-refractivity contribution in [2.45, 2.75) is 30.6 Å². The number of fused-ring (bicyclic) bond motifs is 3. The molecule has 0 bridgehead atoms. The molecule has 0 spiro atoms. The van der Waals surface area contributed by atoms with Gasteiger partial charge in [-0.2, -0.15) is 0 Å². The molecule has 0 saturated heterocycles. The van der Waals surface area contributed by atoms with Gasteiger partial charge in [0.25, 0.3) is 5.91 Å². The predicted molar refractivity (Wildman–Crippen MR) is 114 cm³/mol. The van der Waals surface area contributed by atoms with Crippen LogP contribution < -0.4 is 11.5 Å². The Bertz CT molecular complexity index is 1200. The lowest BCUT2D eigenvalue weighted by molar-refractivity contribution is -0.151. The van der Waals surface area contributed by atoms with E-state index in [1.54, 1.807) is 0 Å². The van der Waals surface area contributed by atoms with Gasteiger partial charge in [0, 0.05) is 17.4 Å². The maximum absolute atomic E-state index is 13.4. The zero-order valence-electron chi connectivity index (χ0n) is 18.2. The van der Waals surface area contributed by atoms with Crippen molar-refractivity contribution >= 4 is 23.2 Å². The highest BCUT2D eigenvalue weighted by molar-refractivity contribution is 6.25. The van der Waals surface area contributed by atoms with Gasteiger partial charge >= 0.3 is 0 Å². The van der Waals surface area contributed by atoms with Crippen molar-refractivity contribution in [3.05, 3.63) is 45.9 Å². The molecule has 11 heteroatoms. The Morgan fingerprint density at radius 2 is 1.76 bits per heavy atom. The Labute approximate surface area is 188 Å². The smallest absolute Gasteiger partial charge is 0.255 e. The van der Waals surface area contributed by atoms with E-state index < -0.39 is 75.0 Å². The molecule has 0 aliphatic heterocycles. The van der Waals surface area contributed by atoms with Crippen LogP contribution in [-0.2, 0) is 15.2 Å². The molecule has 0 radical (unpaired) electrons. The van der Waals surface area contributed by atoms with E-state index >= 15 is 0 Å². The SMILES string of the molecule is CN(C)[C@@H]1C(O)=C(C(N)=O)C(=O)[C@@]2(O)C(O)=C3C(=O)c4c(ccc(N)c4O)[C@@](C)(O)[C@H]3C[C@@H]12. The lowest BCUT2D eigenvalue weighted by atomic mass is 9.55. The first-order valence-electron chi connectivity index (χ1n) is 10.2. The molecule has 1 amide bonds. The van der Waals surface area contributed by atoms with Crippen molar-refractivity contribution in [2.24, 2.45) is 17.6 Å². The summed E-state index contributed by atoms with van der Waals surface area (Å²) in [4.78, 5) is 40.0. The summed E-state index contributed by atoms with van der Waals surface area (Å²) in [6.45, 7) is 1.37. The maximum Gasteiger partial charge on any atom is 0.255 e. The number of primary amides is 1. The number of nitrogens with zero attached hydrogens (tertiary/aromatic N) is 1. The summed E-state index contributed by atoms with van der Waals surface area (Å²) in [5, 5.41) is 55.3. The monoisotopic (exact) mass is 459 g/mol. The van der Waals surface area contributed by atoms with E-state index in [2.05, 4.69) is 0 Å². The van der Waals surface area contributed by atoms with Crippen LogP contribution in [0.3, 0.4) is 0 Å². The number of anilines is 1. The topological polar surface area (TPSA) is 208 Å². The van der Waals surface area contributed by atoms with Crippen molar-refractivity contribution in [1.29, 1.82) is 0 Å². The average Bonchev–Trinajstić information content (AvgIpc) is 2.70. The van der Waals surface area contributed by atoms with Gasteiger partial charge in [0.1, 0.15) is 22.8 Å². The number of hydrogen-bond acceptors (Lipinski definition) is 10. The number of phenolic OH excluding ortho intramolecular Hbond substituents is 1. The fraction of sp³-hybridized carbons (Fsp3) is 0.409. The second-order valence-electron chi connectivity index (χ2n) is 9.19. The number of nitrogen functional groups attached to an aromatic ring is 1. The fourth-order valence-corrected chi connectivity index (χ4v) is 5.57. The molecule has 176 valence electrons. The van der Waals surface area contributed by atoms with Crippen molar-refractivity contribution in [1.82, 2.24) is 4.90 Å². The van der Waals surface area contributed by atoms with Gasteiger partial charge in [-0.3, -0.25) is 19.3 Å². The summed E-state index contributed by atoms with van der Waals surface area (Å²) in [5.74, 6) is -8.31. The summed E-state index contributed by atoms with van der Waals surface area (Å²) in [7, 11) is 3.04. The fourth-order valence-electron chi connectivity index (χ4n) is 5.57. The second kappa shape index (κ2) is 6.80. The first kappa shape index (κ1) is 22.8. The number of aromatic hydroxyl groups is 1. The van der Waals surface area contributed by atoms with Gasteiger partial charge in [0.05, 0.1) is 22.9 Å². The summed E-state index contributed by atoms with van der Waals surface area (Å²) in [6.07, 6.45) is -0.232. The number of amides is 1. The predicted octanol–water partition coefficient (Wildman–Crippen LogP) is -0.632. The van der Waals surface area contributed by atoms with E-state index in [4.69, 9.17) is 11.5 Å². The van der Waals surface area contributed by atoms with Crippen LogP contribution in [-0.4, -0.2) is 73.6 Å². The van der Waals surface area contributed by atoms with Gasteiger partial charge < -0.3 is 37.0 Å². The van der Waals surface area contributed by atoms with Crippen LogP contribution >= 0.6 is 0 Å². The number of benzene rings is 1. The highest BCUT2D eigenvalue weighted by Gasteiger charge is 2.65. The van der Waals surface area contributed by atoms with Crippen molar-refractivity contribution in [3.63, 3.8) is 0 Å². The number of nitrogens with two attached hydrogens (primary N) is 2. The van der Waals surface area contributed by atoms with Crippen molar-refractivity contribution in [3.8, 4) is 5.75 Å². The summed E-state index contributed by atoms with van der Waals surface area (Å²) in [6, 6.07) is 1.56. The number of ketones is 2. The van der Waals surface area contributed by atoms with Gasteiger partial charge in [0.15, 0.2) is 11.4 Å². The van der Waals surface area contributed by atoms with Crippen LogP contribution in [0.5, 0.6) is 5.75 Å². The number of likely N-dealkylation sites (N-methyl/N-ethyl adjacent to an activating group) is 1. The lowest BCUT2D eigenvalue weighted by Crippen LogP contribution is -2.65. The number of aliphatic hydroxyl groups is 4. The summed E-state index contributed by atoms with van der Waals surface area (Å²) >= 11 is 0. The minimum atomic E-state index is -2.78. The van der Waals surface area contributed by atoms with E-state index in [-0.39, 0.29) is 23.2 Å². The molecule has 0 heterocycles. The molecule has 9 N–H and O–H groups in total. The molecule has 4 rings (SSSR count). The molecular formula is C22H25N3O8. The zero-order chi connectivity index (χ0) is 24.8. The van der Waals surface area contributed by atoms with Crippen LogP contribution in [0.25, 0.3) is 0 Å². The molecule has 3 aliphatic rings. The van der Waals surface area contributed by atoms with Gasteiger partial charge in [-0.15, -0.1) is 0 Å². The number of Topliss-reactive ketones (excluding diaryl/α,β-unsaturated/α-hetero) is 2. The number of rotatable bonds is 2. The summed E-state index contributed by atoms with van der Waals surface area (Å²) < 4.78 is 0. The number of aliphatic hydroxyl groups excluding tert-OH is 2. The third kappa shape index (κ3) is 2.63. The van der Waals surface area contributed by atoms with Gasteiger partial charge in [-0.25, -0.2) is 0 Å². The van der Waals surface area contributed by atoms with Crippen molar-refractivity contribution < 1.29 is 39.9 Å². The maximum atomic E-state index is 13.4. The Morgan fingerprint density at radius 1 is 1.15 bits per heavy atom. The molecule has 3 aliphatic carbocycles. The van der Waals surface area contributed by atoms with E-state index in [0.717, 1.165) is 0 Å². The lowest BCUT2D eigenvalue weighted by Gasteiger charge is -2.52. The normalized spacial score (nSPS) is 33.7. The molecule has 5 atom stereocenters. The first-order chi connectivity index (χ1) is 15.2. The molecule has 1 aromatic carbocycles. The number of hydrogen-bond donors (Lipinski definition) is 7. The average molecular weight is 459 g/mol. The van der Waals surface area contributed by atoms with E-state index in [0.29, 0.717) is 0 Å². The quantitative estimate of drug-likeness (QED) is 0.169. The molecule has 11 nitrogen and oxygen atoms in total. The second-order valence-corrected chi connectivity index (χ2v) is 9.19. The molecular weight excluding hydrogens is 434 g/mol. The Balaban J connectivity index is 2.06. The third-order valence-electron chi connectivity index (χ3n) is 7.19. The molecule has 0 saturated carbocycles. The largest absolute Gasteiger partial charge is 0.510 e. The van der Waals surface area contributed by atoms with Gasteiger partial charge in [-0.05, 0) is 39.1 Å². The molecule has 0 aromatic heterocycles. The number of carbonyl (C=O) groups excluding carboxylic acids is 3. The Morgan fingerprint density at radius 3 is 2.30 bits per heavy atom. The molecule has 0 unspecified atom stereocenters. The van der Waals surface area contributed by atoms with Crippen LogP contribution in [0, 0.1) is 11.8 Å². The van der Waals surface area contributed by atoms with E-state index in [1.165, 1.54) is 38.1 Å². The molecule has 1 aromatic rings. The highest BCUT2D eigenvalue weighted by atomic mass is 16.3. The third-order valence-corrected chi connectivity index (χ3v) is 7.19. The first-order valence-corrected chi connectivity index (χ1v) is 10.2. The minimum absolute atomic E-state index is 0.0623. The van der Waals surface area contributed by atoms with Crippen LogP contribution in [0.4, 0.5) is 5.69 Å². The van der Waals surface area contributed by atoms with Crippen molar-refractivity contribution in [2.75, 3.05) is 19.8 Å². The highest BCUT2D eigenvalue weighted by Crippen LogP contribution is 2.56. The Hall–Kier alpha value is -3.41. The standard InChI is InChI=1S/C22H25N3O8/c1-21(32)7-4-5-10(23)15(26)11(7)16(27)12-8(21)6-9-14(25(2)3)17(28)13(20(24)31)19(30)22(9,33)18(12)29/h4-5,8-9,14,26,28-29,32-33H,6,23H2,1-3H3,(H2,24,31)/t8-,9-,14-,21+,22-/m0/s1. The zero-order valence-corrected chi connectivity index (χ0v) is 18.2. The van der Waals surface area contributed by atoms with Crippen LogP contribution in [0.2, 0.25) is 0 Å². The van der Waals surface area contributed by atoms with Gasteiger partial charge in [0.2, 0.25) is 5.78 Å². The van der Waals surface area contributed by atoms with E-state index in [1.807, 2.05) is 0 Å². The number of phenols is 1.